The summed E-state index contributed by atoms with van der Waals surface area (Å²) in [6.07, 6.45) is -0.584. The molecule has 0 unspecified atom stereocenters. The molecule has 3 aliphatic heterocycles. The van der Waals surface area contributed by atoms with Crippen molar-refractivity contribution >= 4 is 40.7 Å². The van der Waals surface area contributed by atoms with Gasteiger partial charge in [-0.1, -0.05) is 74.5 Å². The molecule has 3 amide bonds. The molecule has 0 aliphatic carbocycles. The van der Waals surface area contributed by atoms with Crippen LogP contribution < -0.4 is 15.4 Å². The van der Waals surface area contributed by atoms with E-state index >= 15 is 0 Å². The van der Waals surface area contributed by atoms with E-state index < -0.39 is 12.1 Å². The predicted octanol–water partition coefficient (Wildman–Crippen LogP) is 6.30. The number of benzene rings is 3. The number of carbonyl (C=O) groups is 4. The Morgan fingerprint density at radius 3 is 2.40 bits per heavy atom. The SMILES string of the molecule is CC(C)c1nc(C(=O)N2CCOC3(CCN(CCc4cccc(CCOCCC(=O)N(CCNCCc5ccc(O)c6c5OCC(=O)N6)Cc5ccccc5)c4)CC3)C2)cs1.O=C(O)C(F)(F)F. The average Bonchev–Trinajstić information content (AvgIpc) is 3.83. The van der Waals surface area contributed by atoms with Gasteiger partial charge in [0.15, 0.2) is 12.4 Å². The number of aromatic nitrogens is 1. The van der Waals surface area contributed by atoms with Crippen molar-refractivity contribution in [1.29, 1.82) is 0 Å². The topological polar surface area (TPSA) is 183 Å². The quantitative estimate of drug-likeness (QED) is 0.0610. The average molecular weight is 967 g/mol. The number of carbonyl (C=O) groups excluding carboxylic acids is 3. The normalized spacial score (nSPS) is 15.8. The van der Waals surface area contributed by atoms with Gasteiger partial charge in [-0.05, 0) is 67.0 Å². The fourth-order valence-corrected chi connectivity index (χ4v) is 9.03. The number of anilines is 1. The molecule has 1 spiro atoms. The number of aromatic hydroxyl groups is 1. The van der Waals surface area contributed by atoms with Crippen LogP contribution in [0.2, 0.25) is 0 Å². The van der Waals surface area contributed by atoms with Gasteiger partial charge >= 0.3 is 12.1 Å². The van der Waals surface area contributed by atoms with Gasteiger partial charge in [0.1, 0.15) is 17.1 Å². The van der Waals surface area contributed by atoms with E-state index in [-0.39, 0.29) is 35.7 Å². The van der Waals surface area contributed by atoms with Crippen LogP contribution in [0.4, 0.5) is 18.9 Å². The Morgan fingerprint density at radius 2 is 1.69 bits per heavy atom. The first-order chi connectivity index (χ1) is 32.6. The number of ether oxygens (including phenoxy) is 3. The van der Waals surface area contributed by atoms with Crippen molar-refractivity contribution in [3.05, 3.63) is 105 Å². The zero-order valence-electron chi connectivity index (χ0n) is 38.5. The van der Waals surface area contributed by atoms with Crippen molar-refractivity contribution in [3.8, 4) is 11.5 Å². The molecule has 4 N–H and O–H groups in total. The molecule has 0 radical (unpaired) electrons. The van der Waals surface area contributed by atoms with E-state index in [0.717, 1.165) is 61.5 Å². The molecule has 2 saturated heterocycles. The number of piperidine rings is 1. The molecule has 4 aromatic rings. The molecule has 7 rings (SSSR count). The fraction of sp³-hybridized carbons (Fsp3) is 0.490. The van der Waals surface area contributed by atoms with Crippen LogP contribution >= 0.6 is 11.3 Å². The highest BCUT2D eigenvalue weighted by atomic mass is 32.1. The summed E-state index contributed by atoms with van der Waals surface area (Å²) in [6, 6.07) is 22.1. The zero-order chi connectivity index (χ0) is 48.7. The fourth-order valence-electron chi connectivity index (χ4n) is 8.22. The molecule has 19 heteroatoms. The van der Waals surface area contributed by atoms with Crippen LogP contribution in [0.1, 0.15) is 76.8 Å². The summed E-state index contributed by atoms with van der Waals surface area (Å²) in [6.45, 7) is 12.0. The molecule has 3 aliphatic rings. The van der Waals surface area contributed by atoms with Gasteiger partial charge in [0.05, 0.1) is 43.4 Å². The number of carboxylic acid groups (broad SMARTS) is 1. The second kappa shape index (κ2) is 24.6. The van der Waals surface area contributed by atoms with Crippen molar-refractivity contribution in [2.45, 2.75) is 76.6 Å². The summed E-state index contributed by atoms with van der Waals surface area (Å²) < 4.78 is 49.7. The number of hydrogen-bond donors (Lipinski definition) is 4. The van der Waals surface area contributed by atoms with Crippen LogP contribution in [0.15, 0.2) is 72.1 Å². The molecule has 15 nitrogen and oxygen atoms in total. The highest BCUT2D eigenvalue weighted by Gasteiger charge is 2.41. The molecule has 2 fully saturated rings. The number of thiazole rings is 1. The molecule has 0 bridgehead atoms. The standard InChI is InChI=1S/C47H60N6O7S.C2HF3O2/c1-34(2)45-49-39(32-61-45)46(57)53-25-28-60-47(33-53)17-22-51(23-18-47)21-14-35-9-6-10-36(29-35)15-26-58-27-16-42(56)52(30-37-7-4-3-5-8-37)24-20-48-19-13-38-11-12-40(54)43-44(38)59-31-41(55)50-43;3-2(4,5)1(6)7/h3-12,29,32,34,48,54H,13-28,30-31,33H2,1-2H3,(H,50,55);(H,6,7). The summed E-state index contributed by atoms with van der Waals surface area (Å²) in [5, 5.41) is 26.3. The van der Waals surface area contributed by atoms with Crippen LogP contribution in [0.25, 0.3) is 0 Å². The number of aliphatic carboxylic acids is 1. The van der Waals surface area contributed by atoms with E-state index in [4.69, 9.17) is 24.1 Å². The molecule has 4 heterocycles. The highest BCUT2D eigenvalue weighted by molar-refractivity contribution is 7.09. The number of alkyl halides is 3. The van der Waals surface area contributed by atoms with Crippen LogP contribution in [0.5, 0.6) is 11.5 Å². The predicted molar refractivity (Wildman–Crippen MR) is 250 cm³/mol. The van der Waals surface area contributed by atoms with E-state index in [2.05, 4.69) is 58.6 Å². The monoisotopic (exact) mass is 966 g/mol. The number of hydrogen-bond acceptors (Lipinski definition) is 12. The van der Waals surface area contributed by atoms with Gasteiger partial charge in [0.2, 0.25) is 5.91 Å². The van der Waals surface area contributed by atoms with Crippen molar-refractivity contribution in [3.63, 3.8) is 0 Å². The summed E-state index contributed by atoms with van der Waals surface area (Å²) in [4.78, 5) is 58.3. The van der Waals surface area contributed by atoms with Crippen LogP contribution in [-0.4, -0.2) is 144 Å². The van der Waals surface area contributed by atoms with Crippen molar-refractivity contribution in [1.82, 2.24) is 25.0 Å². The van der Waals surface area contributed by atoms with E-state index in [1.165, 1.54) is 11.1 Å². The number of phenolic OH excluding ortho intramolecular Hbond substituents is 1. The van der Waals surface area contributed by atoms with Crippen molar-refractivity contribution in [2.75, 3.05) is 84.1 Å². The maximum Gasteiger partial charge on any atom is 0.490 e. The molecule has 0 saturated carbocycles. The van der Waals surface area contributed by atoms with E-state index in [0.29, 0.717) is 95.0 Å². The van der Waals surface area contributed by atoms with Gasteiger partial charge < -0.3 is 49.8 Å². The zero-order valence-corrected chi connectivity index (χ0v) is 39.3. The first-order valence-electron chi connectivity index (χ1n) is 23.0. The van der Waals surface area contributed by atoms with Gasteiger partial charge in [-0.15, -0.1) is 11.3 Å². The Kier molecular flexibility index (Phi) is 18.7. The molecule has 0 atom stereocenters. The summed E-state index contributed by atoms with van der Waals surface area (Å²) in [7, 11) is 0. The van der Waals surface area contributed by atoms with Gasteiger partial charge in [-0.3, -0.25) is 14.4 Å². The molecule has 3 aromatic carbocycles. The van der Waals surface area contributed by atoms with Crippen LogP contribution in [0, 0.1) is 0 Å². The lowest BCUT2D eigenvalue weighted by atomic mass is 9.89. The van der Waals surface area contributed by atoms with E-state index in [9.17, 15) is 32.7 Å². The van der Waals surface area contributed by atoms with Crippen molar-refractivity contribution in [2.24, 2.45) is 0 Å². The first-order valence-corrected chi connectivity index (χ1v) is 23.8. The number of morpholine rings is 1. The van der Waals surface area contributed by atoms with Gasteiger partial charge in [0.25, 0.3) is 11.8 Å². The van der Waals surface area contributed by atoms with E-state index in [1.54, 1.807) is 23.5 Å². The molecular formula is C49H61F3N6O9S. The third-order valence-corrected chi connectivity index (χ3v) is 13.2. The van der Waals surface area contributed by atoms with Gasteiger partial charge in [-0.2, -0.15) is 13.2 Å². The lowest BCUT2D eigenvalue weighted by Gasteiger charge is -2.47. The maximum atomic E-state index is 13.4. The second-order valence-electron chi connectivity index (χ2n) is 17.4. The summed E-state index contributed by atoms with van der Waals surface area (Å²) >= 11 is 1.56. The first kappa shape index (κ1) is 51.8. The Morgan fingerprint density at radius 1 is 0.971 bits per heavy atom. The third kappa shape index (κ3) is 15.2. The largest absolute Gasteiger partial charge is 0.506 e. The smallest absolute Gasteiger partial charge is 0.490 e. The maximum absolute atomic E-state index is 13.4. The number of likely N-dealkylation sites (tertiary alicyclic amines) is 1. The van der Waals surface area contributed by atoms with Gasteiger partial charge in [0, 0.05) is 57.1 Å². The van der Waals surface area contributed by atoms with E-state index in [1.807, 2.05) is 45.5 Å². The van der Waals surface area contributed by atoms with Crippen LogP contribution in [0.3, 0.4) is 0 Å². The summed E-state index contributed by atoms with van der Waals surface area (Å²) in [5.41, 5.74) is 5.08. The van der Waals surface area contributed by atoms with Gasteiger partial charge in [-0.25, -0.2) is 9.78 Å². The molecule has 68 heavy (non-hydrogen) atoms. The minimum absolute atomic E-state index is 0.0185. The minimum Gasteiger partial charge on any atom is -0.506 e. The number of fused-ring (bicyclic) bond motifs is 1. The Balaban J connectivity index is 0.00000101. The number of nitrogens with one attached hydrogen (secondary N) is 2. The molecule has 368 valence electrons. The number of nitrogens with zero attached hydrogens (tertiary/aromatic N) is 4. The number of phenols is 1. The number of halogens is 3. The Hall–Kier alpha value is -5.60. The highest BCUT2D eigenvalue weighted by Crippen LogP contribution is 2.39. The number of rotatable bonds is 19. The number of carboxylic acids is 1. The van der Waals surface area contributed by atoms with Crippen LogP contribution in [-0.2, 0) is 49.7 Å². The molecular weight excluding hydrogens is 906 g/mol. The van der Waals surface area contributed by atoms with Crippen molar-refractivity contribution < 1.29 is 56.8 Å². The second-order valence-corrected chi connectivity index (χ2v) is 18.3. The third-order valence-electron chi connectivity index (χ3n) is 12.0. The lowest BCUT2D eigenvalue weighted by molar-refractivity contribution is -0.192. The number of amides is 3. The minimum atomic E-state index is -5.08. The lowest BCUT2D eigenvalue weighted by Crippen LogP contribution is -2.58. The Labute approximate surface area is 398 Å². The molecule has 1 aromatic heterocycles. The Bertz CT molecular complexity index is 2310. The summed E-state index contributed by atoms with van der Waals surface area (Å²) in [5.74, 6) is -2.18.